The molecule has 0 aliphatic heterocycles. The molecule has 0 aliphatic rings. The first-order valence-electron chi connectivity index (χ1n) is 6.76. The second-order valence-electron chi connectivity index (χ2n) is 5.12. The van der Waals surface area contributed by atoms with E-state index in [1.807, 2.05) is 31.2 Å². The maximum absolute atomic E-state index is 12.8. The number of anilines is 1. The Bertz CT molecular complexity index is 1060. The molecule has 1 aromatic carbocycles. The van der Waals surface area contributed by atoms with Gasteiger partial charge in [0.05, 0.1) is 16.6 Å². The molecule has 0 unspecified atom stereocenters. The molecular formula is C16H12N4OS. The van der Waals surface area contributed by atoms with Crippen molar-refractivity contribution in [1.29, 1.82) is 0 Å². The van der Waals surface area contributed by atoms with Crippen molar-refractivity contribution < 1.29 is 0 Å². The SMILES string of the molecule is Cc1ccc(-n2cnc3c(sc4nccc(N)c43)c2=O)cc1. The highest BCUT2D eigenvalue weighted by molar-refractivity contribution is 7.25. The molecule has 0 spiro atoms. The van der Waals surface area contributed by atoms with E-state index in [0.717, 1.165) is 21.5 Å². The molecule has 22 heavy (non-hydrogen) atoms. The third kappa shape index (κ3) is 1.81. The standard InChI is InChI=1S/C16H12N4OS/c1-9-2-4-10(5-3-9)20-8-19-13-12-11(17)6-7-18-15(12)22-14(13)16(20)21/h2-8H,1H3,(H2,17,18). The van der Waals surface area contributed by atoms with Crippen LogP contribution in [0.15, 0.2) is 47.7 Å². The first-order valence-corrected chi connectivity index (χ1v) is 7.58. The fourth-order valence-corrected chi connectivity index (χ4v) is 3.53. The lowest BCUT2D eigenvalue weighted by Crippen LogP contribution is -2.17. The Morgan fingerprint density at radius 3 is 2.68 bits per heavy atom. The van der Waals surface area contributed by atoms with Crippen LogP contribution in [0.25, 0.3) is 26.1 Å². The summed E-state index contributed by atoms with van der Waals surface area (Å²) >= 11 is 1.33. The fraction of sp³-hybridized carbons (Fsp3) is 0.0625. The van der Waals surface area contributed by atoms with Gasteiger partial charge in [0.25, 0.3) is 5.56 Å². The van der Waals surface area contributed by atoms with E-state index < -0.39 is 0 Å². The van der Waals surface area contributed by atoms with Gasteiger partial charge in [-0.2, -0.15) is 0 Å². The number of nitrogens with two attached hydrogens (primary N) is 1. The number of rotatable bonds is 1. The molecule has 0 saturated carbocycles. The summed E-state index contributed by atoms with van der Waals surface area (Å²) in [7, 11) is 0. The number of aromatic nitrogens is 3. The van der Waals surface area contributed by atoms with Crippen molar-refractivity contribution in [3.05, 3.63) is 58.8 Å². The molecule has 0 saturated heterocycles. The Balaban J connectivity index is 2.06. The molecule has 0 aliphatic carbocycles. The number of benzene rings is 1. The van der Waals surface area contributed by atoms with Crippen LogP contribution in [0.1, 0.15) is 5.56 Å². The minimum absolute atomic E-state index is 0.101. The van der Waals surface area contributed by atoms with Crippen molar-refractivity contribution in [2.45, 2.75) is 6.92 Å². The Hall–Kier alpha value is -2.73. The quantitative estimate of drug-likeness (QED) is 0.587. The second kappa shape index (κ2) is 4.64. The van der Waals surface area contributed by atoms with Crippen molar-refractivity contribution in [2.24, 2.45) is 0 Å². The predicted octanol–water partition coefficient (Wildman–Crippen LogP) is 2.89. The average Bonchev–Trinajstić information content (AvgIpc) is 2.90. The first kappa shape index (κ1) is 13.0. The van der Waals surface area contributed by atoms with Crippen molar-refractivity contribution in [1.82, 2.24) is 14.5 Å². The van der Waals surface area contributed by atoms with Gasteiger partial charge < -0.3 is 5.73 Å². The highest BCUT2D eigenvalue weighted by Gasteiger charge is 2.14. The number of hydrogen-bond donors (Lipinski definition) is 1. The van der Waals surface area contributed by atoms with Crippen LogP contribution in [0.5, 0.6) is 0 Å². The maximum atomic E-state index is 12.8. The lowest BCUT2D eigenvalue weighted by Gasteiger charge is -2.05. The average molecular weight is 308 g/mol. The number of nitrogen functional groups attached to an aromatic ring is 1. The van der Waals surface area contributed by atoms with Crippen LogP contribution in [-0.2, 0) is 0 Å². The molecule has 108 valence electrons. The molecule has 2 N–H and O–H groups in total. The van der Waals surface area contributed by atoms with E-state index >= 15 is 0 Å². The van der Waals surface area contributed by atoms with E-state index in [4.69, 9.17) is 5.73 Å². The summed E-state index contributed by atoms with van der Waals surface area (Å²) in [5, 5.41) is 0.760. The van der Waals surface area contributed by atoms with Crippen LogP contribution in [0, 0.1) is 6.92 Å². The van der Waals surface area contributed by atoms with Gasteiger partial charge in [-0.05, 0) is 25.1 Å². The minimum Gasteiger partial charge on any atom is -0.398 e. The van der Waals surface area contributed by atoms with Crippen molar-refractivity contribution in [3.8, 4) is 5.69 Å². The van der Waals surface area contributed by atoms with Gasteiger partial charge in [-0.3, -0.25) is 9.36 Å². The topological polar surface area (TPSA) is 73.8 Å². The second-order valence-corrected chi connectivity index (χ2v) is 6.11. The Kier molecular flexibility index (Phi) is 2.74. The van der Waals surface area contributed by atoms with E-state index in [0.29, 0.717) is 15.9 Å². The maximum Gasteiger partial charge on any atom is 0.275 e. The highest BCUT2D eigenvalue weighted by atomic mass is 32.1. The van der Waals surface area contributed by atoms with Gasteiger partial charge in [0.1, 0.15) is 15.9 Å². The molecule has 0 bridgehead atoms. The smallest absolute Gasteiger partial charge is 0.275 e. The third-order valence-corrected chi connectivity index (χ3v) is 4.70. The minimum atomic E-state index is -0.101. The lowest BCUT2D eigenvalue weighted by molar-refractivity contribution is 0.967. The van der Waals surface area contributed by atoms with Crippen molar-refractivity contribution in [2.75, 3.05) is 5.73 Å². The van der Waals surface area contributed by atoms with Gasteiger partial charge in [0, 0.05) is 11.9 Å². The molecule has 0 radical (unpaired) electrons. The molecule has 0 fully saturated rings. The largest absolute Gasteiger partial charge is 0.398 e. The van der Waals surface area contributed by atoms with Crippen LogP contribution in [0.3, 0.4) is 0 Å². The lowest BCUT2D eigenvalue weighted by atomic mass is 10.2. The van der Waals surface area contributed by atoms with Gasteiger partial charge in [-0.25, -0.2) is 9.97 Å². The molecule has 5 nitrogen and oxygen atoms in total. The number of fused-ring (bicyclic) bond motifs is 3. The van der Waals surface area contributed by atoms with Gasteiger partial charge in [0.2, 0.25) is 0 Å². The fourth-order valence-electron chi connectivity index (χ4n) is 2.47. The van der Waals surface area contributed by atoms with E-state index in [1.54, 1.807) is 23.2 Å². The number of nitrogens with zero attached hydrogens (tertiary/aromatic N) is 3. The summed E-state index contributed by atoms with van der Waals surface area (Å²) in [4.78, 5) is 22.2. The zero-order valence-corrected chi connectivity index (χ0v) is 12.6. The number of thiophene rings is 1. The summed E-state index contributed by atoms with van der Waals surface area (Å²) < 4.78 is 2.12. The Morgan fingerprint density at radius 2 is 1.91 bits per heavy atom. The molecule has 3 heterocycles. The monoisotopic (exact) mass is 308 g/mol. The van der Waals surface area contributed by atoms with E-state index in [2.05, 4.69) is 9.97 Å². The number of aryl methyl sites for hydroxylation is 1. The van der Waals surface area contributed by atoms with Gasteiger partial charge >= 0.3 is 0 Å². The molecule has 0 atom stereocenters. The zero-order valence-electron chi connectivity index (χ0n) is 11.8. The summed E-state index contributed by atoms with van der Waals surface area (Å²) in [5.74, 6) is 0. The third-order valence-electron chi connectivity index (χ3n) is 3.63. The number of hydrogen-bond acceptors (Lipinski definition) is 5. The summed E-state index contributed by atoms with van der Waals surface area (Å²) in [6.07, 6.45) is 3.19. The molecule has 0 amide bonds. The van der Waals surface area contributed by atoms with Gasteiger partial charge in [0.15, 0.2) is 0 Å². The Labute approximate surface area is 129 Å². The van der Waals surface area contributed by atoms with E-state index in [-0.39, 0.29) is 5.56 Å². The highest BCUT2D eigenvalue weighted by Crippen LogP contribution is 2.32. The predicted molar refractivity (Wildman–Crippen MR) is 89.7 cm³/mol. The molecule has 6 heteroatoms. The van der Waals surface area contributed by atoms with Crippen LogP contribution in [0.2, 0.25) is 0 Å². The van der Waals surface area contributed by atoms with Crippen molar-refractivity contribution >= 4 is 37.5 Å². The molecule has 4 rings (SSSR count). The van der Waals surface area contributed by atoms with Gasteiger partial charge in [-0.15, -0.1) is 11.3 Å². The summed E-state index contributed by atoms with van der Waals surface area (Å²) in [6.45, 7) is 2.01. The first-order chi connectivity index (χ1) is 10.6. The zero-order chi connectivity index (χ0) is 15.3. The van der Waals surface area contributed by atoms with E-state index in [1.165, 1.54) is 11.3 Å². The molecule has 3 aromatic heterocycles. The Morgan fingerprint density at radius 1 is 1.14 bits per heavy atom. The van der Waals surface area contributed by atoms with Crippen LogP contribution >= 0.6 is 11.3 Å². The van der Waals surface area contributed by atoms with E-state index in [9.17, 15) is 4.79 Å². The van der Waals surface area contributed by atoms with Gasteiger partial charge in [-0.1, -0.05) is 17.7 Å². The molecular weight excluding hydrogens is 296 g/mol. The van der Waals surface area contributed by atoms with Crippen LogP contribution in [0.4, 0.5) is 5.69 Å². The normalized spacial score (nSPS) is 11.3. The van der Waals surface area contributed by atoms with Crippen molar-refractivity contribution in [3.63, 3.8) is 0 Å². The summed E-state index contributed by atoms with van der Waals surface area (Å²) in [5.41, 5.74) is 9.06. The molecule has 4 aromatic rings. The van der Waals surface area contributed by atoms with Crippen LogP contribution < -0.4 is 11.3 Å². The van der Waals surface area contributed by atoms with Crippen LogP contribution in [-0.4, -0.2) is 14.5 Å². The number of pyridine rings is 1. The summed E-state index contributed by atoms with van der Waals surface area (Å²) in [6, 6.07) is 9.48.